The fourth-order valence-corrected chi connectivity index (χ4v) is 1.37. The van der Waals surface area contributed by atoms with Crippen molar-refractivity contribution in [2.75, 3.05) is 0 Å². The third-order valence-electron chi connectivity index (χ3n) is 1.52. The molecule has 0 aliphatic rings. The Morgan fingerprint density at radius 1 is 1.43 bits per heavy atom. The predicted octanol–water partition coefficient (Wildman–Crippen LogP) is 1.99. The Bertz CT molecular complexity index is 378. The molecule has 1 heterocycles. The van der Waals surface area contributed by atoms with Crippen LogP contribution >= 0.6 is 0 Å². The van der Waals surface area contributed by atoms with Crippen molar-refractivity contribution in [3.8, 4) is 0 Å². The van der Waals surface area contributed by atoms with E-state index >= 15 is 0 Å². The summed E-state index contributed by atoms with van der Waals surface area (Å²) in [4.78, 5) is 3.07. The summed E-state index contributed by atoms with van der Waals surface area (Å²) in [5, 5.41) is 0. The molecule has 78 valence electrons. The number of rotatable bonds is 1. The number of pyridine rings is 1. The van der Waals surface area contributed by atoms with Crippen LogP contribution in [-0.2, 0) is 17.3 Å². The summed E-state index contributed by atoms with van der Waals surface area (Å²) in [7, 11) is 0. The molecule has 0 aromatic carbocycles. The van der Waals surface area contributed by atoms with Crippen molar-refractivity contribution in [2.45, 2.75) is 18.0 Å². The SMILES string of the molecule is Cc1nc(C(F)(F)F)ccc1S(=O)O. The van der Waals surface area contributed by atoms with E-state index in [0.717, 1.165) is 6.07 Å². The number of nitrogens with zero attached hydrogens (tertiary/aromatic N) is 1. The highest BCUT2D eigenvalue weighted by atomic mass is 32.2. The van der Waals surface area contributed by atoms with Gasteiger partial charge in [-0.3, -0.25) is 0 Å². The zero-order valence-corrected chi connectivity index (χ0v) is 7.82. The van der Waals surface area contributed by atoms with Crippen LogP contribution in [0.2, 0.25) is 0 Å². The molecule has 1 aromatic rings. The van der Waals surface area contributed by atoms with E-state index in [-0.39, 0.29) is 10.6 Å². The molecule has 1 rings (SSSR count). The van der Waals surface area contributed by atoms with E-state index in [1.807, 2.05) is 0 Å². The van der Waals surface area contributed by atoms with Crippen LogP contribution < -0.4 is 0 Å². The van der Waals surface area contributed by atoms with Gasteiger partial charge in [-0.05, 0) is 19.1 Å². The number of hydrogen-bond acceptors (Lipinski definition) is 2. The molecule has 0 saturated carbocycles. The van der Waals surface area contributed by atoms with Gasteiger partial charge in [0.25, 0.3) is 0 Å². The first-order chi connectivity index (χ1) is 6.32. The number of aromatic nitrogens is 1. The second-order valence-electron chi connectivity index (χ2n) is 2.53. The van der Waals surface area contributed by atoms with Crippen molar-refractivity contribution in [3.05, 3.63) is 23.5 Å². The molecular weight excluding hydrogens is 219 g/mol. The molecule has 0 radical (unpaired) electrons. The minimum absolute atomic E-state index is 0.0966. The Morgan fingerprint density at radius 2 is 2.00 bits per heavy atom. The third-order valence-corrected chi connectivity index (χ3v) is 2.32. The molecule has 0 bridgehead atoms. The van der Waals surface area contributed by atoms with E-state index in [2.05, 4.69) is 4.98 Å². The summed E-state index contributed by atoms with van der Waals surface area (Å²) in [6, 6.07) is 1.62. The van der Waals surface area contributed by atoms with Crippen molar-refractivity contribution in [1.82, 2.24) is 4.98 Å². The van der Waals surface area contributed by atoms with E-state index in [0.29, 0.717) is 6.07 Å². The minimum atomic E-state index is -4.53. The Labute approximate surface area is 80.3 Å². The predicted molar refractivity (Wildman–Crippen MR) is 43.0 cm³/mol. The molecule has 1 unspecified atom stereocenters. The average molecular weight is 225 g/mol. The smallest absolute Gasteiger partial charge is 0.302 e. The van der Waals surface area contributed by atoms with Crippen LogP contribution in [0.25, 0.3) is 0 Å². The maximum Gasteiger partial charge on any atom is 0.433 e. The van der Waals surface area contributed by atoms with E-state index in [9.17, 15) is 17.4 Å². The summed E-state index contributed by atoms with van der Waals surface area (Å²) < 4.78 is 55.5. The highest BCUT2D eigenvalue weighted by Crippen LogP contribution is 2.28. The van der Waals surface area contributed by atoms with Crippen molar-refractivity contribution in [3.63, 3.8) is 0 Å². The van der Waals surface area contributed by atoms with E-state index < -0.39 is 23.0 Å². The summed E-state index contributed by atoms with van der Waals surface area (Å²) in [5.74, 6) is 0. The lowest BCUT2D eigenvalue weighted by Crippen LogP contribution is -2.09. The Morgan fingerprint density at radius 3 is 2.36 bits per heavy atom. The maximum absolute atomic E-state index is 12.1. The van der Waals surface area contributed by atoms with E-state index in [1.54, 1.807) is 0 Å². The van der Waals surface area contributed by atoms with Gasteiger partial charge in [0.1, 0.15) is 5.69 Å². The lowest BCUT2D eigenvalue weighted by molar-refractivity contribution is -0.141. The van der Waals surface area contributed by atoms with Gasteiger partial charge in [-0.25, -0.2) is 9.19 Å². The zero-order valence-electron chi connectivity index (χ0n) is 7.00. The first-order valence-corrected chi connectivity index (χ1v) is 4.58. The van der Waals surface area contributed by atoms with Gasteiger partial charge in [0.15, 0.2) is 11.1 Å². The second-order valence-corrected chi connectivity index (χ2v) is 3.47. The average Bonchev–Trinajstić information content (AvgIpc) is 2.01. The second kappa shape index (κ2) is 3.66. The molecule has 1 atom stereocenters. The van der Waals surface area contributed by atoms with Gasteiger partial charge in [-0.2, -0.15) is 13.2 Å². The van der Waals surface area contributed by atoms with Crippen LogP contribution in [0.5, 0.6) is 0 Å². The highest BCUT2D eigenvalue weighted by Gasteiger charge is 2.32. The molecule has 7 heteroatoms. The topological polar surface area (TPSA) is 50.2 Å². The quantitative estimate of drug-likeness (QED) is 0.743. The van der Waals surface area contributed by atoms with Gasteiger partial charge in [-0.1, -0.05) is 0 Å². The van der Waals surface area contributed by atoms with Crippen molar-refractivity contribution < 1.29 is 21.9 Å². The Hall–Kier alpha value is -0.950. The Balaban J connectivity index is 3.20. The van der Waals surface area contributed by atoms with Gasteiger partial charge in [0, 0.05) is 0 Å². The van der Waals surface area contributed by atoms with Crippen LogP contribution in [0.4, 0.5) is 13.2 Å². The molecule has 14 heavy (non-hydrogen) atoms. The summed E-state index contributed by atoms with van der Waals surface area (Å²) >= 11 is -2.31. The van der Waals surface area contributed by atoms with Gasteiger partial charge in [-0.15, -0.1) is 0 Å². The molecule has 1 aromatic heterocycles. The van der Waals surface area contributed by atoms with Crippen molar-refractivity contribution in [2.24, 2.45) is 0 Å². The first kappa shape index (κ1) is 11.1. The number of aryl methyl sites for hydroxylation is 1. The summed E-state index contributed by atoms with van der Waals surface area (Å²) in [6.45, 7) is 1.25. The standard InChI is InChI=1S/C7H6F3NO2S/c1-4-5(14(12)13)2-3-6(11-4)7(8,9)10/h2-3H,1H3,(H,12,13). The maximum atomic E-state index is 12.1. The van der Waals surface area contributed by atoms with E-state index in [1.165, 1.54) is 6.92 Å². The number of hydrogen-bond donors (Lipinski definition) is 1. The largest absolute Gasteiger partial charge is 0.433 e. The van der Waals surface area contributed by atoms with Crippen LogP contribution in [-0.4, -0.2) is 13.7 Å². The van der Waals surface area contributed by atoms with Crippen molar-refractivity contribution in [1.29, 1.82) is 0 Å². The number of halogens is 3. The van der Waals surface area contributed by atoms with Gasteiger partial charge in [0.05, 0.1) is 10.6 Å². The molecule has 0 fully saturated rings. The molecule has 3 nitrogen and oxygen atoms in total. The summed E-state index contributed by atoms with van der Waals surface area (Å²) in [6.07, 6.45) is -4.53. The number of alkyl halides is 3. The molecule has 0 aliphatic heterocycles. The lowest BCUT2D eigenvalue weighted by Gasteiger charge is -2.07. The fourth-order valence-electron chi connectivity index (χ4n) is 0.891. The summed E-state index contributed by atoms with van der Waals surface area (Å²) in [5.41, 5.74) is -1.16. The molecule has 0 amide bonds. The first-order valence-electron chi connectivity index (χ1n) is 3.48. The molecule has 0 aliphatic carbocycles. The van der Waals surface area contributed by atoms with E-state index in [4.69, 9.17) is 4.55 Å². The van der Waals surface area contributed by atoms with Crippen molar-refractivity contribution >= 4 is 11.1 Å². The van der Waals surface area contributed by atoms with Crippen LogP contribution in [0.15, 0.2) is 17.0 Å². The Kier molecular flexibility index (Phi) is 2.91. The lowest BCUT2D eigenvalue weighted by atomic mass is 10.3. The zero-order chi connectivity index (χ0) is 10.9. The van der Waals surface area contributed by atoms with Crippen LogP contribution in [0.3, 0.4) is 0 Å². The highest BCUT2D eigenvalue weighted by molar-refractivity contribution is 7.79. The normalized spacial score (nSPS) is 14.1. The van der Waals surface area contributed by atoms with Gasteiger partial charge in [0.2, 0.25) is 0 Å². The fraction of sp³-hybridized carbons (Fsp3) is 0.286. The van der Waals surface area contributed by atoms with Gasteiger partial charge < -0.3 is 4.55 Å². The molecule has 0 spiro atoms. The molecule has 1 N–H and O–H groups in total. The van der Waals surface area contributed by atoms with Gasteiger partial charge >= 0.3 is 6.18 Å². The van der Waals surface area contributed by atoms with Crippen LogP contribution in [0, 0.1) is 6.92 Å². The molecule has 0 saturated heterocycles. The minimum Gasteiger partial charge on any atom is -0.302 e. The third kappa shape index (κ3) is 2.30. The molecular formula is C7H6F3NO2S. The van der Waals surface area contributed by atoms with Crippen LogP contribution in [0.1, 0.15) is 11.4 Å². The monoisotopic (exact) mass is 225 g/mol.